The molecule has 27 heavy (non-hydrogen) atoms. The monoisotopic (exact) mass is 509 g/mol. The van der Waals surface area contributed by atoms with E-state index in [2.05, 4.69) is 30.2 Å². The van der Waals surface area contributed by atoms with Gasteiger partial charge in [0, 0.05) is 44.8 Å². The van der Waals surface area contributed by atoms with Crippen LogP contribution >= 0.6 is 35.6 Å². The Kier molecular flexibility index (Phi) is 11.4. The summed E-state index contributed by atoms with van der Waals surface area (Å²) in [7, 11) is 1.41. The summed E-state index contributed by atoms with van der Waals surface area (Å²) in [5.74, 6) is 1.48. The molecule has 9 heteroatoms. The lowest BCUT2D eigenvalue weighted by atomic mass is 10.2. The normalized spacial score (nSPS) is 16.6. The zero-order valence-electron chi connectivity index (χ0n) is 15.9. The second-order valence-electron chi connectivity index (χ2n) is 6.18. The Morgan fingerprint density at radius 2 is 2.30 bits per heavy atom. The molecule has 1 saturated heterocycles. The van der Waals surface area contributed by atoms with Gasteiger partial charge in [-0.3, -0.25) is 9.79 Å². The third-order valence-corrected chi connectivity index (χ3v) is 4.49. The smallest absolute Gasteiger partial charge is 0.305 e. The molecule has 1 aliphatic heterocycles. The average Bonchev–Trinajstić information content (AvgIpc) is 3.10. The van der Waals surface area contributed by atoms with Crippen molar-refractivity contribution in [3.05, 3.63) is 23.4 Å². The number of unbranched alkanes of at least 4 members (excludes halogenated alkanes) is 1. The van der Waals surface area contributed by atoms with E-state index < -0.39 is 0 Å². The molecule has 2 heterocycles. The van der Waals surface area contributed by atoms with Gasteiger partial charge in [0.1, 0.15) is 5.82 Å². The first-order chi connectivity index (χ1) is 12.6. The Morgan fingerprint density at radius 1 is 1.48 bits per heavy atom. The molecule has 0 amide bonds. The van der Waals surface area contributed by atoms with E-state index in [1.165, 1.54) is 7.11 Å². The highest BCUT2D eigenvalue weighted by molar-refractivity contribution is 14.0. The Hall–Kier alpha value is -1.29. The molecule has 2 N–H and O–H groups in total. The molecule has 1 aliphatic rings. The van der Waals surface area contributed by atoms with E-state index in [0.717, 1.165) is 50.7 Å². The van der Waals surface area contributed by atoms with Crippen LogP contribution in [0.2, 0.25) is 5.02 Å². The van der Waals surface area contributed by atoms with Crippen LogP contribution in [0.15, 0.2) is 23.3 Å². The number of carbonyl (C=O) groups is 1. The van der Waals surface area contributed by atoms with Crippen LogP contribution in [0.5, 0.6) is 0 Å². The number of hydrogen-bond donors (Lipinski definition) is 2. The summed E-state index contributed by atoms with van der Waals surface area (Å²) >= 11 is 6.24. The van der Waals surface area contributed by atoms with E-state index in [1.807, 2.05) is 19.1 Å². The number of aliphatic imine (C=N–C) groups is 1. The van der Waals surface area contributed by atoms with Gasteiger partial charge in [-0.1, -0.05) is 11.6 Å². The van der Waals surface area contributed by atoms with Gasteiger partial charge in [0.2, 0.25) is 0 Å². The first-order valence-corrected chi connectivity index (χ1v) is 9.49. The minimum Gasteiger partial charge on any atom is -0.469 e. The SMILES string of the molecule is CCNC(=NCCCCC(=O)OC)NC1CCN(c2ncccc2Cl)C1.I. The topological polar surface area (TPSA) is 78.8 Å². The Labute approximate surface area is 183 Å². The first-order valence-electron chi connectivity index (χ1n) is 9.11. The van der Waals surface area contributed by atoms with Gasteiger partial charge in [-0.25, -0.2) is 4.98 Å². The maximum Gasteiger partial charge on any atom is 0.305 e. The van der Waals surface area contributed by atoms with Crippen LogP contribution in [0.3, 0.4) is 0 Å². The molecule has 1 aromatic rings. The van der Waals surface area contributed by atoms with Crippen molar-refractivity contribution in [3.8, 4) is 0 Å². The molecule has 0 spiro atoms. The number of rotatable bonds is 8. The molecule has 0 aliphatic carbocycles. The molecule has 1 atom stereocenters. The number of guanidine groups is 1. The van der Waals surface area contributed by atoms with Gasteiger partial charge in [-0.2, -0.15) is 0 Å². The highest BCUT2D eigenvalue weighted by Crippen LogP contribution is 2.25. The van der Waals surface area contributed by atoms with E-state index in [1.54, 1.807) is 6.20 Å². The predicted octanol–water partition coefficient (Wildman–Crippen LogP) is 2.83. The summed E-state index contributed by atoms with van der Waals surface area (Å²) in [5.41, 5.74) is 0. The van der Waals surface area contributed by atoms with Crippen LogP contribution < -0.4 is 15.5 Å². The summed E-state index contributed by atoms with van der Waals surface area (Å²) < 4.78 is 4.64. The Bertz CT molecular complexity index is 617. The number of ether oxygens (including phenoxy) is 1. The third-order valence-electron chi connectivity index (χ3n) is 4.20. The number of methoxy groups -OCH3 is 1. The van der Waals surface area contributed by atoms with Crippen molar-refractivity contribution < 1.29 is 9.53 Å². The minimum atomic E-state index is -0.168. The number of hydrogen-bond acceptors (Lipinski definition) is 5. The number of nitrogens with one attached hydrogen (secondary N) is 2. The lowest BCUT2D eigenvalue weighted by Gasteiger charge is -2.20. The first kappa shape index (κ1) is 23.7. The summed E-state index contributed by atoms with van der Waals surface area (Å²) in [5, 5.41) is 7.43. The van der Waals surface area contributed by atoms with E-state index in [-0.39, 0.29) is 29.9 Å². The van der Waals surface area contributed by atoms with Crippen molar-refractivity contribution >= 4 is 53.3 Å². The maximum absolute atomic E-state index is 11.1. The van der Waals surface area contributed by atoms with E-state index in [4.69, 9.17) is 11.6 Å². The molecule has 0 bridgehead atoms. The number of pyridine rings is 1. The van der Waals surface area contributed by atoms with Crippen LogP contribution in [0.25, 0.3) is 0 Å². The maximum atomic E-state index is 11.1. The molecule has 0 saturated carbocycles. The fourth-order valence-electron chi connectivity index (χ4n) is 2.87. The Balaban J connectivity index is 0.00000364. The highest BCUT2D eigenvalue weighted by atomic mass is 127. The van der Waals surface area contributed by atoms with Crippen molar-refractivity contribution in [2.75, 3.05) is 38.2 Å². The molecular formula is C18H29ClIN5O2. The quantitative estimate of drug-likeness (QED) is 0.184. The molecule has 1 fully saturated rings. The summed E-state index contributed by atoms with van der Waals surface area (Å²) in [6.07, 6.45) is 4.84. The van der Waals surface area contributed by atoms with Crippen molar-refractivity contribution in [3.63, 3.8) is 0 Å². The van der Waals surface area contributed by atoms with Crippen molar-refractivity contribution in [2.24, 2.45) is 4.99 Å². The fraction of sp³-hybridized carbons (Fsp3) is 0.611. The zero-order chi connectivity index (χ0) is 18.8. The van der Waals surface area contributed by atoms with Crippen LogP contribution in [-0.2, 0) is 9.53 Å². The van der Waals surface area contributed by atoms with Crippen molar-refractivity contribution in [2.45, 2.75) is 38.6 Å². The number of nitrogens with zero attached hydrogens (tertiary/aromatic N) is 3. The van der Waals surface area contributed by atoms with Gasteiger partial charge in [0.25, 0.3) is 0 Å². The van der Waals surface area contributed by atoms with E-state index in [9.17, 15) is 4.79 Å². The number of esters is 1. The van der Waals surface area contributed by atoms with Gasteiger partial charge in [-0.15, -0.1) is 24.0 Å². The molecule has 1 unspecified atom stereocenters. The molecule has 0 aromatic carbocycles. The van der Waals surface area contributed by atoms with Gasteiger partial charge in [0.05, 0.1) is 12.1 Å². The van der Waals surface area contributed by atoms with Crippen LogP contribution in [0, 0.1) is 0 Å². The fourth-order valence-corrected chi connectivity index (χ4v) is 3.11. The molecule has 2 rings (SSSR count). The van der Waals surface area contributed by atoms with Crippen molar-refractivity contribution in [1.82, 2.24) is 15.6 Å². The molecule has 0 radical (unpaired) electrons. The second-order valence-corrected chi connectivity index (χ2v) is 6.59. The highest BCUT2D eigenvalue weighted by Gasteiger charge is 2.25. The lowest BCUT2D eigenvalue weighted by Crippen LogP contribution is -2.44. The Morgan fingerprint density at radius 3 is 3.00 bits per heavy atom. The number of anilines is 1. The van der Waals surface area contributed by atoms with Crippen LogP contribution in [-0.4, -0.2) is 56.2 Å². The summed E-state index contributed by atoms with van der Waals surface area (Å²) in [6, 6.07) is 4.00. The van der Waals surface area contributed by atoms with Gasteiger partial charge in [0.15, 0.2) is 5.96 Å². The van der Waals surface area contributed by atoms with Crippen LogP contribution in [0.1, 0.15) is 32.6 Å². The number of aromatic nitrogens is 1. The molecule has 152 valence electrons. The van der Waals surface area contributed by atoms with Gasteiger partial charge in [-0.05, 0) is 38.3 Å². The van der Waals surface area contributed by atoms with Crippen LogP contribution in [0.4, 0.5) is 5.82 Å². The zero-order valence-corrected chi connectivity index (χ0v) is 19.0. The molecule has 7 nitrogen and oxygen atoms in total. The average molecular weight is 510 g/mol. The minimum absolute atomic E-state index is 0. The van der Waals surface area contributed by atoms with Crippen molar-refractivity contribution in [1.29, 1.82) is 0 Å². The van der Waals surface area contributed by atoms with Gasteiger partial charge < -0.3 is 20.3 Å². The second kappa shape index (κ2) is 13.0. The molecule has 1 aromatic heterocycles. The predicted molar refractivity (Wildman–Crippen MR) is 120 cm³/mol. The number of carbonyl (C=O) groups excluding carboxylic acids is 1. The molecular weight excluding hydrogens is 481 g/mol. The summed E-state index contributed by atoms with van der Waals surface area (Å²) in [6.45, 7) is 5.27. The third kappa shape index (κ3) is 8.08. The summed E-state index contributed by atoms with van der Waals surface area (Å²) in [4.78, 5) is 22.3. The lowest BCUT2D eigenvalue weighted by molar-refractivity contribution is -0.140. The van der Waals surface area contributed by atoms with E-state index in [0.29, 0.717) is 24.0 Å². The number of halogens is 2. The standard InChI is InChI=1S/C18H28ClN5O2.HI/c1-3-20-18(22-10-5-4-8-16(25)26-2)23-14-9-12-24(13-14)17-15(19)7-6-11-21-17;/h6-7,11,14H,3-5,8-10,12-13H2,1-2H3,(H2,20,22,23);1H. The van der Waals surface area contributed by atoms with E-state index >= 15 is 0 Å². The largest absolute Gasteiger partial charge is 0.469 e. The van der Waals surface area contributed by atoms with Gasteiger partial charge >= 0.3 is 5.97 Å².